The molecule has 0 fully saturated rings. The first-order valence-electron chi connectivity index (χ1n) is 5.89. The number of hydrogen-bond acceptors (Lipinski definition) is 1. The zero-order chi connectivity index (χ0) is 13.4. The van der Waals surface area contributed by atoms with Gasteiger partial charge in [0.05, 0.1) is 5.48 Å². The second kappa shape index (κ2) is 3.80. The van der Waals surface area contributed by atoms with Crippen LogP contribution in [0.3, 0.4) is 0 Å². The molecule has 0 aliphatic rings. The Hall–Kier alpha value is -1.35. The lowest BCUT2D eigenvalue weighted by Crippen LogP contribution is -2.15. The van der Waals surface area contributed by atoms with Gasteiger partial charge in [-0.2, -0.15) is 0 Å². The first kappa shape index (κ1) is 5.51. The van der Waals surface area contributed by atoms with Crippen molar-refractivity contribution in [2.45, 2.75) is 0 Å². The summed E-state index contributed by atoms with van der Waals surface area (Å²) in [5, 5.41) is 0. The maximum atomic E-state index is 11.7. The van der Waals surface area contributed by atoms with Gasteiger partial charge in [0.25, 0.3) is 5.56 Å². The summed E-state index contributed by atoms with van der Waals surface area (Å²) < 4.78 is 32.2. The molecule has 70 valence electrons. The molecule has 2 rings (SSSR count). The van der Waals surface area contributed by atoms with Crippen LogP contribution in [0.4, 0.5) is 0 Å². The average molecular weight is 254 g/mol. The van der Waals surface area contributed by atoms with Gasteiger partial charge in [-0.25, -0.2) is 0 Å². The lowest BCUT2D eigenvalue weighted by atomic mass is 10.3. The highest BCUT2D eigenvalue weighted by Gasteiger charge is 1.96. The predicted molar refractivity (Wildman–Crippen MR) is 59.7 cm³/mol. The normalized spacial score (nSPS) is 14.1. The fourth-order valence-corrected chi connectivity index (χ4v) is 1.22. The Morgan fingerprint density at radius 2 is 1.93 bits per heavy atom. The van der Waals surface area contributed by atoms with E-state index in [1.165, 1.54) is 12.3 Å². The van der Waals surface area contributed by atoms with Gasteiger partial charge in [0.2, 0.25) is 0 Å². The largest absolute Gasteiger partial charge is 0.284 e. The fraction of sp³-hybridized carbons (Fsp3) is 0. The Morgan fingerprint density at radius 1 is 1.21 bits per heavy atom. The number of halogens is 1. The van der Waals surface area contributed by atoms with Crippen molar-refractivity contribution < 1.29 is 5.48 Å². The third-order valence-corrected chi connectivity index (χ3v) is 2.04. The van der Waals surface area contributed by atoms with Crippen LogP contribution in [0.1, 0.15) is 5.48 Å². The van der Waals surface area contributed by atoms with Crippen molar-refractivity contribution in [1.82, 2.24) is 4.57 Å². The quantitative estimate of drug-likeness (QED) is 0.766. The van der Waals surface area contributed by atoms with Crippen molar-refractivity contribution in [3.05, 3.63) is 63.4 Å². The van der Waals surface area contributed by atoms with Gasteiger partial charge in [-0.05, 0) is 30.2 Å². The van der Waals surface area contributed by atoms with Crippen molar-refractivity contribution in [3.63, 3.8) is 0 Å². The first-order valence-corrected chi connectivity index (χ1v) is 4.68. The Labute approximate surface area is 95.6 Å². The van der Waals surface area contributed by atoms with Crippen LogP contribution in [0.2, 0.25) is 0 Å². The van der Waals surface area contributed by atoms with E-state index in [-0.39, 0.29) is 34.3 Å². The van der Waals surface area contributed by atoms with E-state index in [9.17, 15) is 4.79 Å². The van der Waals surface area contributed by atoms with Crippen molar-refractivity contribution in [3.8, 4) is 5.69 Å². The Balaban J connectivity index is 2.89. The van der Waals surface area contributed by atoms with Crippen molar-refractivity contribution in [2.75, 3.05) is 0 Å². The molecular weight excluding hydrogens is 242 g/mol. The van der Waals surface area contributed by atoms with E-state index in [0.29, 0.717) is 0 Å². The summed E-state index contributed by atoms with van der Waals surface area (Å²) in [6.45, 7) is 0. The Morgan fingerprint density at radius 3 is 2.57 bits per heavy atom. The number of hydrogen-bond donors (Lipinski definition) is 0. The van der Waals surface area contributed by atoms with Gasteiger partial charge in [-0.3, -0.25) is 9.36 Å². The topological polar surface area (TPSA) is 22.0 Å². The minimum atomic E-state index is -0.402. The van der Waals surface area contributed by atoms with Crippen LogP contribution in [0.25, 0.3) is 5.69 Å². The maximum absolute atomic E-state index is 11.7. The summed E-state index contributed by atoms with van der Waals surface area (Å²) in [7, 11) is 0. The Kier molecular flexibility index (Phi) is 1.50. The van der Waals surface area contributed by atoms with E-state index in [2.05, 4.69) is 15.9 Å². The molecule has 0 radical (unpaired) electrons. The number of rotatable bonds is 1. The zero-order valence-corrected chi connectivity index (χ0v) is 8.63. The molecule has 0 amide bonds. The molecule has 14 heavy (non-hydrogen) atoms. The number of aromatic nitrogens is 1. The molecule has 1 aromatic carbocycles. The van der Waals surface area contributed by atoms with Gasteiger partial charge < -0.3 is 0 Å². The summed E-state index contributed by atoms with van der Waals surface area (Å²) in [5.41, 5.74) is -0.445. The molecule has 0 aliphatic carbocycles. The summed E-state index contributed by atoms with van der Waals surface area (Å²) in [6.07, 6.45) is 1.42. The molecule has 2 aromatic rings. The van der Waals surface area contributed by atoms with E-state index in [1.54, 1.807) is 12.1 Å². The monoisotopic (exact) mass is 253 g/mol. The van der Waals surface area contributed by atoms with Crippen LogP contribution in [0, 0.1) is 0 Å². The summed E-state index contributed by atoms with van der Waals surface area (Å²) in [5.74, 6) is 0. The first-order chi connectivity index (χ1) is 8.45. The lowest BCUT2D eigenvalue weighted by Gasteiger charge is -2.03. The van der Waals surface area contributed by atoms with E-state index in [4.69, 9.17) is 5.48 Å². The summed E-state index contributed by atoms with van der Waals surface area (Å²) in [4.78, 5) is 11.7. The highest BCUT2D eigenvalue weighted by molar-refractivity contribution is 9.10. The molecule has 0 bridgehead atoms. The highest BCUT2D eigenvalue weighted by Crippen LogP contribution is 2.12. The van der Waals surface area contributed by atoms with Crippen LogP contribution in [0.5, 0.6) is 0 Å². The molecule has 1 heterocycles. The molecule has 3 heteroatoms. The summed E-state index contributed by atoms with van der Waals surface area (Å²) in [6, 6.07) is 3.52. The molecule has 1 aromatic heterocycles. The maximum Gasteiger partial charge on any atom is 0.255 e. The van der Waals surface area contributed by atoms with Gasteiger partial charge in [-0.15, -0.1) is 0 Å². The second-order valence-corrected chi connectivity index (χ2v) is 3.36. The molecule has 0 spiro atoms. The van der Waals surface area contributed by atoms with Crippen molar-refractivity contribution >= 4 is 15.9 Å². The van der Waals surface area contributed by atoms with Gasteiger partial charge in [0.15, 0.2) is 0 Å². The number of pyridine rings is 1. The van der Waals surface area contributed by atoms with Crippen molar-refractivity contribution in [1.29, 1.82) is 0 Å². The van der Waals surface area contributed by atoms with Crippen LogP contribution in [-0.4, -0.2) is 4.57 Å². The van der Waals surface area contributed by atoms with Gasteiger partial charge in [0.1, 0.15) is 0 Å². The van der Waals surface area contributed by atoms with E-state index >= 15 is 0 Å². The van der Waals surface area contributed by atoms with Crippen LogP contribution in [0.15, 0.2) is 57.8 Å². The molecule has 2 nitrogen and oxygen atoms in total. The minimum absolute atomic E-state index is 0.0428. The molecule has 0 unspecified atom stereocenters. The standard InChI is InChI=1S/C11H8BrNO/c12-9-4-6-10(7-5-9)13-8-2-1-3-11(13)14/h1-8H/i4D,5D,6D,7D. The van der Waals surface area contributed by atoms with Crippen LogP contribution >= 0.6 is 15.9 Å². The summed E-state index contributed by atoms with van der Waals surface area (Å²) >= 11 is 3.00. The van der Waals surface area contributed by atoms with Crippen LogP contribution in [-0.2, 0) is 0 Å². The molecule has 0 aliphatic heterocycles. The average Bonchev–Trinajstić information content (AvgIpc) is 2.36. The third-order valence-electron chi connectivity index (χ3n) is 1.64. The Bertz CT molecular complexity index is 654. The third kappa shape index (κ3) is 1.77. The lowest BCUT2D eigenvalue weighted by molar-refractivity contribution is 0.990. The smallest absolute Gasteiger partial charge is 0.255 e. The van der Waals surface area contributed by atoms with E-state index in [0.717, 1.165) is 4.57 Å². The molecule has 0 atom stereocenters. The molecule has 0 saturated carbocycles. The van der Waals surface area contributed by atoms with Gasteiger partial charge in [-0.1, -0.05) is 22.0 Å². The molecule has 0 saturated heterocycles. The molecular formula is C11H8BrNO. The van der Waals surface area contributed by atoms with E-state index in [1.807, 2.05) is 0 Å². The van der Waals surface area contributed by atoms with Crippen LogP contribution < -0.4 is 5.56 Å². The zero-order valence-electron chi connectivity index (χ0n) is 11.0. The number of nitrogens with zero attached hydrogens (tertiary/aromatic N) is 1. The SMILES string of the molecule is [2H]c1c([2H])c(-n2ccccc2=O)c([2H])c([2H])c1Br. The predicted octanol–water partition coefficient (Wildman–Crippen LogP) is 2.60. The minimum Gasteiger partial charge on any atom is -0.284 e. The van der Waals surface area contributed by atoms with Gasteiger partial charge >= 0.3 is 0 Å². The highest BCUT2D eigenvalue weighted by atomic mass is 79.9. The second-order valence-electron chi connectivity index (χ2n) is 2.57. The van der Waals surface area contributed by atoms with Crippen molar-refractivity contribution in [2.24, 2.45) is 0 Å². The van der Waals surface area contributed by atoms with E-state index < -0.39 is 5.56 Å². The van der Waals surface area contributed by atoms with Gasteiger partial charge in [0, 0.05) is 22.4 Å². The molecule has 0 N–H and O–H groups in total. The fourth-order valence-electron chi connectivity index (χ4n) is 1.02. The number of benzene rings is 1.